The first kappa shape index (κ1) is 50.3. The summed E-state index contributed by atoms with van der Waals surface area (Å²) in [7, 11) is 5.83. The predicted octanol–water partition coefficient (Wildman–Crippen LogP) is 3.12. The van der Waals surface area contributed by atoms with E-state index in [1.54, 1.807) is 50.4 Å². The minimum Gasteiger partial charge on any atom is -0.387 e. The van der Waals surface area contributed by atoms with Crippen molar-refractivity contribution < 1.29 is 43.3 Å². The molecule has 3 aromatic heterocycles. The second kappa shape index (κ2) is 25.7. The number of nitrogens with one attached hydrogen (secondary N) is 3. The summed E-state index contributed by atoms with van der Waals surface area (Å²) >= 11 is 14.6. The Balaban J connectivity index is 0.000000274. The van der Waals surface area contributed by atoms with Crippen LogP contribution in [0.4, 0.5) is 5.00 Å². The number of H-pyrrole nitrogens is 1. The van der Waals surface area contributed by atoms with Crippen molar-refractivity contribution in [3.05, 3.63) is 68.8 Å². The lowest BCUT2D eigenvalue weighted by Crippen LogP contribution is -2.51. The first-order chi connectivity index (χ1) is 30.9. The third-order valence-electron chi connectivity index (χ3n) is 10.1. The number of carbonyl (C=O) groups excluding carboxylic acids is 5. The molecule has 5 heterocycles. The third-order valence-corrected chi connectivity index (χ3v) is 12.1. The van der Waals surface area contributed by atoms with Gasteiger partial charge in [0.05, 0.1) is 72.3 Å². The Bertz CT molecular complexity index is 2230. The number of rotatable bonds is 22. The SMILES string of the molecule is CNCCc1ccc(N2CCN(C(=O)/C=C/CN(C)C)CC2=O)s1.O=CCCOCCOCCOCCC(=O)Nn1ccc(-c2cc(Cl)c(Cl)c3[nH]c4c(c23)CN(C(=O)CO)CC4)n1. The number of benzene rings is 1. The van der Waals surface area contributed by atoms with Crippen LogP contribution in [0.5, 0.6) is 0 Å². The van der Waals surface area contributed by atoms with Gasteiger partial charge in [-0.15, -0.1) is 11.3 Å². The molecule has 0 unspecified atom stereocenters. The lowest BCUT2D eigenvalue weighted by Gasteiger charge is -2.33. The zero-order chi connectivity index (χ0) is 46.0. The molecule has 348 valence electrons. The predicted molar refractivity (Wildman–Crippen MR) is 246 cm³/mol. The number of aromatic amines is 1. The molecule has 0 spiro atoms. The van der Waals surface area contributed by atoms with Gasteiger partial charge in [-0.2, -0.15) is 9.89 Å². The number of nitrogens with zero attached hydrogens (tertiary/aromatic N) is 6. The van der Waals surface area contributed by atoms with E-state index in [-0.39, 0.29) is 43.2 Å². The zero-order valence-electron chi connectivity index (χ0n) is 36.4. The molecule has 1 fully saturated rings. The molecule has 0 saturated carbocycles. The maximum Gasteiger partial charge on any atom is 0.248 e. The summed E-state index contributed by atoms with van der Waals surface area (Å²) in [6.07, 6.45) is 7.85. The van der Waals surface area contributed by atoms with Crippen LogP contribution in [-0.2, 0) is 57.6 Å². The molecular formula is C43H57Cl2N9O9S. The lowest BCUT2D eigenvalue weighted by atomic mass is 9.99. The highest BCUT2D eigenvalue weighted by molar-refractivity contribution is 7.16. The van der Waals surface area contributed by atoms with Gasteiger partial charge in [-0.3, -0.25) is 19.2 Å². The number of ether oxygens (including phenoxy) is 3. The minimum absolute atomic E-state index is 0.0161. The average molecular weight is 947 g/mol. The van der Waals surface area contributed by atoms with Crippen molar-refractivity contribution in [1.82, 2.24) is 34.9 Å². The summed E-state index contributed by atoms with van der Waals surface area (Å²) in [4.78, 5) is 72.2. The van der Waals surface area contributed by atoms with Gasteiger partial charge in [-0.25, -0.2) is 5.43 Å². The summed E-state index contributed by atoms with van der Waals surface area (Å²) in [5, 5.41) is 19.4. The number of thiophene rings is 1. The number of hydrogen-bond acceptors (Lipinski definition) is 13. The zero-order valence-corrected chi connectivity index (χ0v) is 38.7. The summed E-state index contributed by atoms with van der Waals surface area (Å²) in [5.41, 5.74) is 6.44. The molecule has 2 aliphatic rings. The van der Waals surface area contributed by atoms with Crippen LogP contribution < -0.4 is 15.6 Å². The number of aldehydes is 1. The molecule has 18 nitrogen and oxygen atoms in total. The highest BCUT2D eigenvalue weighted by Gasteiger charge is 2.29. The summed E-state index contributed by atoms with van der Waals surface area (Å²) in [6, 6.07) is 7.54. The summed E-state index contributed by atoms with van der Waals surface area (Å²) < 4.78 is 16.0. The Morgan fingerprint density at radius 3 is 2.45 bits per heavy atom. The van der Waals surface area contributed by atoms with Gasteiger partial charge in [0.25, 0.3) is 0 Å². The number of halogens is 2. The van der Waals surface area contributed by atoms with Gasteiger partial charge in [-0.1, -0.05) is 29.3 Å². The number of fused-ring (bicyclic) bond motifs is 3. The highest BCUT2D eigenvalue weighted by Crippen LogP contribution is 2.42. The highest BCUT2D eigenvalue weighted by atomic mass is 35.5. The van der Waals surface area contributed by atoms with Crippen molar-refractivity contribution in [2.24, 2.45) is 0 Å². The van der Waals surface area contributed by atoms with E-state index < -0.39 is 6.61 Å². The van der Waals surface area contributed by atoms with Crippen LogP contribution in [-0.4, -0.2) is 171 Å². The van der Waals surface area contributed by atoms with E-state index in [4.69, 9.17) is 37.4 Å². The van der Waals surface area contributed by atoms with Crippen LogP contribution in [0.1, 0.15) is 29.0 Å². The number of aliphatic hydroxyl groups is 1. The largest absolute Gasteiger partial charge is 0.387 e. The molecule has 64 heavy (non-hydrogen) atoms. The van der Waals surface area contributed by atoms with Crippen LogP contribution in [0, 0.1) is 0 Å². The van der Waals surface area contributed by atoms with Crippen molar-refractivity contribution in [3.63, 3.8) is 0 Å². The van der Waals surface area contributed by atoms with Crippen LogP contribution in [0.3, 0.4) is 0 Å². The minimum atomic E-state index is -0.556. The van der Waals surface area contributed by atoms with Crippen molar-refractivity contribution in [1.29, 1.82) is 0 Å². The van der Waals surface area contributed by atoms with E-state index in [2.05, 4.69) is 26.9 Å². The van der Waals surface area contributed by atoms with Crippen molar-refractivity contribution >= 4 is 80.4 Å². The molecule has 4 N–H and O–H groups in total. The molecule has 4 aromatic rings. The van der Waals surface area contributed by atoms with E-state index in [9.17, 15) is 29.1 Å². The summed E-state index contributed by atoms with van der Waals surface area (Å²) in [5.74, 6) is -0.735. The standard InChI is InChI=1S/C26H31Cl2N5O7.C17H26N4O2S/c27-19-14-17(24-18-15-32(23(37)16-35)5-2-20(18)29-26(24)25(19)28)21-3-6-33(30-21)31-22(36)4-9-39-11-13-40-12-10-38-8-1-7-34;1-18-9-8-14-6-7-17(24-14)21-12-11-20(13-16(21)23)15(22)5-4-10-19(2)3/h3,6-7,14,29,35H,1-2,4-5,8-13,15-16H2,(H,31,36);4-7,18H,8-13H2,1-3H3/b;5-4+. The molecule has 0 bridgehead atoms. The Morgan fingerprint density at radius 1 is 1.00 bits per heavy atom. The number of aromatic nitrogens is 3. The van der Waals surface area contributed by atoms with Gasteiger partial charge in [0, 0.05) is 84.9 Å². The topological polar surface area (TPSA) is 204 Å². The quantitative estimate of drug-likeness (QED) is 0.0510. The fourth-order valence-electron chi connectivity index (χ4n) is 6.86. The lowest BCUT2D eigenvalue weighted by molar-refractivity contribution is -0.135. The number of likely N-dealkylation sites (N-methyl/N-ethyl adjacent to an activating group) is 2. The van der Waals surface area contributed by atoms with Crippen LogP contribution in [0.15, 0.2) is 42.6 Å². The normalized spacial score (nSPS) is 14.0. The number of anilines is 1. The maximum absolute atomic E-state index is 12.4. The molecule has 0 aliphatic carbocycles. The molecule has 4 amide bonds. The van der Waals surface area contributed by atoms with E-state index >= 15 is 0 Å². The number of piperazine rings is 1. The molecule has 0 radical (unpaired) electrons. The van der Waals surface area contributed by atoms with Crippen molar-refractivity contribution in [2.75, 3.05) is 117 Å². The van der Waals surface area contributed by atoms with Gasteiger partial charge >= 0.3 is 0 Å². The summed E-state index contributed by atoms with van der Waals surface area (Å²) in [6.45, 7) is 5.27. The Labute approximate surface area is 386 Å². The van der Waals surface area contributed by atoms with Crippen LogP contribution in [0.2, 0.25) is 10.0 Å². The molecule has 21 heteroatoms. The first-order valence-corrected chi connectivity index (χ1v) is 22.6. The monoisotopic (exact) mass is 945 g/mol. The first-order valence-electron chi connectivity index (χ1n) is 21.0. The molecule has 6 rings (SSSR count). The van der Waals surface area contributed by atoms with Gasteiger partial charge in [0.2, 0.25) is 23.6 Å². The number of carbonyl (C=O) groups is 5. The van der Waals surface area contributed by atoms with Gasteiger partial charge in [0.15, 0.2) is 0 Å². The molecule has 1 aromatic carbocycles. The van der Waals surface area contributed by atoms with Gasteiger partial charge in [-0.05, 0) is 58.4 Å². The fraction of sp³-hybridized carbons (Fsp3) is 0.488. The molecule has 0 atom stereocenters. The van der Waals surface area contributed by atoms with E-state index in [0.29, 0.717) is 105 Å². The molecular weight excluding hydrogens is 889 g/mol. The third kappa shape index (κ3) is 14.4. The molecule has 2 aliphatic heterocycles. The van der Waals surface area contributed by atoms with E-state index in [1.165, 1.54) is 9.67 Å². The Morgan fingerprint density at radius 2 is 1.75 bits per heavy atom. The Kier molecular flexibility index (Phi) is 20.2. The van der Waals surface area contributed by atoms with Crippen molar-refractivity contribution in [3.8, 4) is 11.3 Å². The number of amides is 4. The van der Waals surface area contributed by atoms with Crippen LogP contribution in [0.25, 0.3) is 22.2 Å². The van der Waals surface area contributed by atoms with E-state index in [0.717, 1.165) is 40.9 Å². The number of aliphatic hydroxyl groups excluding tert-OH is 1. The van der Waals surface area contributed by atoms with E-state index in [1.807, 2.05) is 38.2 Å². The smallest absolute Gasteiger partial charge is 0.248 e. The number of hydrogen-bond donors (Lipinski definition) is 4. The average Bonchev–Trinajstić information content (AvgIpc) is 4.05. The van der Waals surface area contributed by atoms with Crippen LogP contribution >= 0.6 is 34.5 Å². The maximum atomic E-state index is 12.4. The molecule has 1 saturated heterocycles. The van der Waals surface area contributed by atoms with Crippen molar-refractivity contribution in [2.45, 2.75) is 32.2 Å². The fourth-order valence-corrected chi connectivity index (χ4v) is 8.31. The second-order valence-electron chi connectivity index (χ2n) is 15.1. The van der Waals surface area contributed by atoms with Gasteiger partial charge in [0.1, 0.15) is 19.4 Å². The Hall–Kier alpha value is -4.70. The van der Waals surface area contributed by atoms with Gasteiger partial charge < -0.3 is 54.0 Å². The second-order valence-corrected chi connectivity index (χ2v) is 17.0.